The number of phenols is 4. The van der Waals surface area contributed by atoms with Crippen LogP contribution in [-0.4, -0.2) is 56.3 Å². The molecule has 42 heavy (non-hydrogen) atoms. The Morgan fingerprint density at radius 1 is 0.857 bits per heavy atom. The van der Waals surface area contributed by atoms with Crippen LogP contribution in [0.15, 0.2) is 4.42 Å². The van der Waals surface area contributed by atoms with Crippen LogP contribution in [0.25, 0.3) is 11.0 Å². The second-order valence-electron chi connectivity index (χ2n) is 10.5. The van der Waals surface area contributed by atoms with Crippen LogP contribution in [-0.2, 0) is 24.5 Å². The lowest BCUT2D eigenvalue weighted by Gasteiger charge is -2.30. The van der Waals surface area contributed by atoms with Crippen molar-refractivity contribution >= 4 is 40.3 Å². The summed E-state index contributed by atoms with van der Waals surface area (Å²) in [6.07, 6.45) is -0.847. The Bertz CT molecular complexity index is 1740. The lowest BCUT2D eigenvalue weighted by Crippen LogP contribution is -2.42. The molecule has 1 aromatic heterocycles. The SMILES string of the molecule is CCOC(=O)CC(=O)[C@@H](c1oc2c(C(C)=O)c(O)c(C)c(O)c2c1C)[C@]1(C)C(=O)Oc2c(C(C)=O)c(O)c(C)c(O)c21. The predicted octanol–water partition coefficient (Wildman–Crippen LogP) is 4.07. The average Bonchev–Trinajstić information content (AvgIpc) is 3.34. The van der Waals surface area contributed by atoms with Gasteiger partial charge in [-0.15, -0.1) is 0 Å². The van der Waals surface area contributed by atoms with Crippen molar-refractivity contribution in [1.29, 1.82) is 0 Å². The third kappa shape index (κ3) is 4.08. The zero-order valence-electron chi connectivity index (χ0n) is 24.0. The summed E-state index contributed by atoms with van der Waals surface area (Å²) in [7, 11) is 0. The van der Waals surface area contributed by atoms with E-state index in [1.807, 2.05) is 0 Å². The van der Waals surface area contributed by atoms with Crippen LogP contribution in [0.3, 0.4) is 0 Å². The van der Waals surface area contributed by atoms with Crippen LogP contribution >= 0.6 is 0 Å². The minimum absolute atomic E-state index is 0.0230. The molecule has 1 aliphatic heterocycles. The Balaban J connectivity index is 2.15. The molecule has 0 saturated heterocycles. The van der Waals surface area contributed by atoms with Crippen molar-refractivity contribution < 1.29 is 58.3 Å². The largest absolute Gasteiger partial charge is 0.507 e. The third-order valence-corrected chi connectivity index (χ3v) is 7.86. The highest BCUT2D eigenvalue weighted by Crippen LogP contribution is 2.58. The number of benzene rings is 2. The molecule has 0 spiro atoms. The van der Waals surface area contributed by atoms with E-state index in [-0.39, 0.29) is 51.2 Å². The zero-order chi connectivity index (χ0) is 31.6. The molecule has 12 nitrogen and oxygen atoms in total. The Morgan fingerprint density at radius 2 is 1.40 bits per heavy atom. The first kappa shape index (κ1) is 30.1. The highest BCUT2D eigenvalue weighted by atomic mass is 16.5. The summed E-state index contributed by atoms with van der Waals surface area (Å²) in [5.41, 5.74) is -3.52. The van der Waals surface area contributed by atoms with Crippen molar-refractivity contribution in [2.45, 2.75) is 66.2 Å². The maximum Gasteiger partial charge on any atom is 0.323 e. The molecule has 0 aliphatic carbocycles. The van der Waals surface area contributed by atoms with Crippen molar-refractivity contribution in [3.8, 4) is 28.7 Å². The summed E-state index contributed by atoms with van der Waals surface area (Å²) in [5, 5.41) is 43.4. The predicted molar refractivity (Wildman–Crippen MR) is 146 cm³/mol. The number of carbonyl (C=O) groups is 5. The lowest BCUT2D eigenvalue weighted by molar-refractivity contribution is -0.148. The molecule has 4 rings (SSSR count). The van der Waals surface area contributed by atoms with Crippen LogP contribution in [0.4, 0.5) is 0 Å². The van der Waals surface area contributed by atoms with Crippen LogP contribution in [0.2, 0.25) is 0 Å². The molecule has 0 radical (unpaired) electrons. The molecule has 2 heterocycles. The summed E-state index contributed by atoms with van der Waals surface area (Å²) >= 11 is 0. The van der Waals surface area contributed by atoms with E-state index in [4.69, 9.17) is 13.9 Å². The van der Waals surface area contributed by atoms with Gasteiger partial charge in [-0.1, -0.05) is 0 Å². The van der Waals surface area contributed by atoms with Gasteiger partial charge in [-0.3, -0.25) is 24.0 Å². The zero-order valence-corrected chi connectivity index (χ0v) is 24.0. The second kappa shape index (κ2) is 10.2. The molecule has 0 bridgehead atoms. The number of hydrogen-bond acceptors (Lipinski definition) is 12. The van der Waals surface area contributed by atoms with Crippen molar-refractivity contribution in [3.05, 3.63) is 39.1 Å². The van der Waals surface area contributed by atoms with E-state index < -0.39 is 81.4 Å². The fourth-order valence-corrected chi connectivity index (χ4v) is 5.68. The number of esters is 2. The number of aromatic hydroxyl groups is 4. The molecule has 0 fully saturated rings. The van der Waals surface area contributed by atoms with Crippen molar-refractivity contribution in [2.24, 2.45) is 0 Å². The fourth-order valence-electron chi connectivity index (χ4n) is 5.68. The van der Waals surface area contributed by atoms with E-state index in [1.54, 1.807) is 0 Å². The van der Waals surface area contributed by atoms with Crippen LogP contribution < -0.4 is 4.74 Å². The van der Waals surface area contributed by atoms with Gasteiger partial charge in [0.2, 0.25) is 0 Å². The first-order valence-corrected chi connectivity index (χ1v) is 13.0. The first-order valence-electron chi connectivity index (χ1n) is 13.0. The molecule has 2 aromatic carbocycles. The van der Waals surface area contributed by atoms with Gasteiger partial charge in [0.1, 0.15) is 51.7 Å². The van der Waals surface area contributed by atoms with Crippen molar-refractivity contribution in [1.82, 2.24) is 0 Å². The topological polar surface area (TPSA) is 198 Å². The number of Topliss-reactive ketones (excluding diaryl/α,β-unsaturated/α-hetero) is 3. The Kier molecular flexibility index (Phi) is 7.31. The molecule has 0 amide bonds. The summed E-state index contributed by atoms with van der Waals surface area (Å²) in [6.45, 7) is 9.12. The number of carbonyl (C=O) groups excluding carboxylic acids is 5. The number of ether oxygens (including phenoxy) is 2. The Hall–Kier alpha value is -4.87. The number of ketones is 3. The molecular formula is C30H30O12. The normalized spacial score (nSPS) is 16.7. The summed E-state index contributed by atoms with van der Waals surface area (Å²) < 4.78 is 16.4. The Labute approximate surface area is 239 Å². The number of fused-ring (bicyclic) bond motifs is 2. The van der Waals surface area contributed by atoms with Gasteiger partial charge in [0.05, 0.1) is 23.5 Å². The van der Waals surface area contributed by atoms with E-state index in [2.05, 4.69) is 0 Å². The molecule has 3 aromatic rings. The van der Waals surface area contributed by atoms with Crippen LogP contribution in [0.5, 0.6) is 28.7 Å². The maximum absolute atomic E-state index is 14.0. The molecule has 0 saturated carbocycles. The smallest absolute Gasteiger partial charge is 0.323 e. The lowest BCUT2D eigenvalue weighted by atomic mass is 9.67. The third-order valence-electron chi connectivity index (χ3n) is 7.86. The minimum Gasteiger partial charge on any atom is -0.507 e. The number of aryl methyl sites for hydroxylation is 1. The van der Waals surface area contributed by atoms with Gasteiger partial charge < -0.3 is 34.3 Å². The number of hydrogen-bond donors (Lipinski definition) is 4. The van der Waals surface area contributed by atoms with E-state index in [0.29, 0.717) is 0 Å². The standard InChI is InChI=1S/C30H30O12/c1-8-40-16(34)9-15(33)20(26-10(2)17-22(35)11(3)23(36)18(13(5)31)27(17)41-26)30(7)21-25(38)12(4)24(37)19(14(6)32)28(21)42-29(30)39/h20,35-38H,8-9H2,1-7H3/t20-,30-/m0/s1. The average molecular weight is 583 g/mol. The van der Waals surface area contributed by atoms with Gasteiger partial charge in [0.15, 0.2) is 28.7 Å². The quantitative estimate of drug-likeness (QED) is 0.129. The molecule has 4 N–H and O–H groups in total. The van der Waals surface area contributed by atoms with Crippen molar-refractivity contribution in [2.75, 3.05) is 6.61 Å². The number of furan rings is 1. The molecule has 2 atom stereocenters. The van der Waals surface area contributed by atoms with E-state index in [9.17, 15) is 44.4 Å². The van der Waals surface area contributed by atoms with E-state index in [1.165, 1.54) is 34.6 Å². The number of phenolic OH excluding ortho intramolecular Hbond substituents is 4. The van der Waals surface area contributed by atoms with Gasteiger partial charge in [0.25, 0.3) is 0 Å². The van der Waals surface area contributed by atoms with E-state index >= 15 is 0 Å². The minimum atomic E-state index is -2.16. The summed E-state index contributed by atoms with van der Waals surface area (Å²) in [6, 6.07) is 0. The summed E-state index contributed by atoms with van der Waals surface area (Å²) in [5.74, 6) is -9.00. The Morgan fingerprint density at radius 3 is 1.95 bits per heavy atom. The summed E-state index contributed by atoms with van der Waals surface area (Å²) in [4.78, 5) is 65.2. The van der Waals surface area contributed by atoms with Gasteiger partial charge in [-0.05, 0) is 48.5 Å². The van der Waals surface area contributed by atoms with Crippen molar-refractivity contribution in [3.63, 3.8) is 0 Å². The van der Waals surface area contributed by atoms with Gasteiger partial charge in [0, 0.05) is 16.7 Å². The molecule has 12 heteroatoms. The maximum atomic E-state index is 14.0. The molecule has 1 aliphatic rings. The van der Waals surface area contributed by atoms with Gasteiger partial charge >= 0.3 is 11.9 Å². The second-order valence-corrected chi connectivity index (χ2v) is 10.5. The monoisotopic (exact) mass is 582 g/mol. The van der Waals surface area contributed by atoms with Gasteiger partial charge in [-0.2, -0.15) is 0 Å². The molecular weight excluding hydrogens is 552 g/mol. The highest BCUT2D eigenvalue weighted by molar-refractivity contribution is 6.12. The highest BCUT2D eigenvalue weighted by Gasteiger charge is 2.59. The molecule has 0 unspecified atom stereocenters. The van der Waals surface area contributed by atoms with Crippen LogP contribution in [0, 0.1) is 20.8 Å². The fraction of sp³-hybridized carbons (Fsp3) is 0.367. The van der Waals surface area contributed by atoms with Gasteiger partial charge in [-0.25, -0.2) is 0 Å². The first-order chi connectivity index (χ1) is 19.5. The number of rotatable bonds is 8. The molecule has 222 valence electrons. The van der Waals surface area contributed by atoms with Crippen LogP contribution in [0.1, 0.15) is 88.8 Å². The van der Waals surface area contributed by atoms with E-state index in [0.717, 1.165) is 13.8 Å².